The Morgan fingerprint density at radius 2 is 2.07 bits per heavy atom. The molecule has 0 spiro atoms. The van der Waals surface area contributed by atoms with Crippen molar-refractivity contribution < 1.29 is 8.78 Å². The minimum Gasteiger partial charge on any atom is -0.300 e. The van der Waals surface area contributed by atoms with Gasteiger partial charge in [0.2, 0.25) is 0 Å². The molecule has 1 rings (SSSR count). The molecule has 2 unspecified atom stereocenters. The summed E-state index contributed by atoms with van der Waals surface area (Å²) in [5.41, 5.74) is 0.934. The first-order chi connectivity index (χ1) is 6.50. The van der Waals surface area contributed by atoms with Crippen molar-refractivity contribution in [1.29, 1.82) is 0 Å². The van der Waals surface area contributed by atoms with Crippen LogP contribution in [0.1, 0.15) is 30.6 Å². The number of halogens is 2. The standard InChI is InChI=1S/C9H14F2N2S/c1-5-4-14-9(12-5)7(3)13-6(2)8(10)11/h4,6-8,13H,1-3H3. The molecule has 1 N–H and O–H groups in total. The third-order valence-electron chi connectivity index (χ3n) is 1.90. The summed E-state index contributed by atoms with van der Waals surface area (Å²) in [6.45, 7) is 5.21. The van der Waals surface area contributed by atoms with E-state index in [1.165, 1.54) is 18.3 Å². The molecular weight excluding hydrogens is 206 g/mol. The highest BCUT2D eigenvalue weighted by Crippen LogP contribution is 2.18. The summed E-state index contributed by atoms with van der Waals surface area (Å²) in [5, 5.41) is 5.58. The lowest BCUT2D eigenvalue weighted by atomic mass is 10.3. The molecule has 14 heavy (non-hydrogen) atoms. The van der Waals surface area contributed by atoms with Crippen molar-refractivity contribution in [2.24, 2.45) is 0 Å². The summed E-state index contributed by atoms with van der Waals surface area (Å²) in [4.78, 5) is 4.23. The molecule has 0 aliphatic carbocycles. The molecule has 0 bridgehead atoms. The lowest BCUT2D eigenvalue weighted by molar-refractivity contribution is 0.101. The minimum atomic E-state index is -2.33. The van der Waals surface area contributed by atoms with Crippen LogP contribution in [0.5, 0.6) is 0 Å². The number of aromatic nitrogens is 1. The van der Waals surface area contributed by atoms with E-state index in [9.17, 15) is 8.78 Å². The molecule has 0 aliphatic rings. The van der Waals surface area contributed by atoms with Crippen LogP contribution in [0.4, 0.5) is 8.78 Å². The topological polar surface area (TPSA) is 24.9 Å². The fraction of sp³-hybridized carbons (Fsp3) is 0.667. The summed E-state index contributed by atoms with van der Waals surface area (Å²) in [6, 6.07) is -0.910. The molecule has 2 nitrogen and oxygen atoms in total. The van der Waals surface area contributed by atoms with Gasteiger partial charge in [-0.1, -0.05) is 0 Å². The average molecular weight is 220 g/mol. The molecule has 5 heteroatoms. The van der Waals surface area contributed by atoms with Gasteiger partial charge in [0.15, 0.2) is 0 Å². The van der Waals surface area contributed by atoms with Gasteiger partial charge in [0.25, 0.3) is 6.43 Å². The number of aryl methyl sites for hydroxylation is 1. The molecule has 1 aromatic heterocycles. The number of hydrogen-bond acceptors (Lipinski definition) is 3. The Morgan fingerprint density at radius 3 is 2.50 bits per heavy atom. The average Bonchev–Trinajstić information content (AvgIpc) is 2.51. The molecule has 0 amide bonds. The number of rotatable bonds is 4. The normalized spacial score (nSPS) is 15.9. The Hall–Kier alpha value is -0.550. The van der Waals surface area contributed by atoms with Crippen LogP contribution in [0.2, 0.25) is 0 Å². The van der Waals surface area contributed by atoms with Crippen molar-refractivity contribution in [3.8, 4) is 0 Å². The molecule has 1 aromatic rings. The van der Waals surface area contributed by atoms with Crippen LogP contribution < -0.4 is 5.32 Å². The lowest BCUT2D eigenvalue weighted by Gasteiger charge is -2.17. The number of alkyl halides is 2. The second-order valence-corrected chi connectivity index (χ2v) is 4.23. The van der Waals surface area contributed by atoms with Crippen LogP contribution in [0, 0.1) is 6.92 Å². The van der Waals surface area contributed by atoms with E-state index in [2.05, 4.69) is 10.3 Å². The second-order valence-electron chi connectivity index (χ2n) is 3.34. The molecule has 0 saturated carbocycles. The number of thiazole rings is 1. The van der Waals surface area contributed by atoms with Crippen LogP contribution in [0.15, 0.2) is 5.38 Å². The summed E-state index contributed by atoms with van der Waals surface area (Å²) in [7, 11) is 0. The lowest BCUT2D eigenvalue weighted by Crippen LogP contribution is -2.34. The minimum absolute atomic E-state index is 0.113. The molecule has 0 saturated heterocycles. The summed E-state index contributed by atoms with van der Waals surface area (Å²) in [5.74, 6) is 0. The molecule has 80 valence electrons. The van der Waals surface area contributed by atoms with Gasteiger partial charge in [-0.2, -0.15) is 0 Å². The zero-order valence-electron chi connectivity index (χ0n) is 8.42. The largest absolute Gasteiger partial charge is 0.300 e. The first-order valence-electron chi connectivity index (χ1n) is 4.47. The van der Waals surface area contributed by atoms with Crippen LogP contribution in [0.25, 0.3) is 0 Å². The van der Waals surface area contributed by atoms with Crippen LogP contribution in [-0.4, -0.2) is 17.5 Å². The molecule has 1 heterocycles. The number of hydrogen-bond donors (Lipinski definition) is 1. The van der Waals surface area contributed by atoms with Gasteiger partial charge in [-0.3, -0.25) is 0 Å². The fourth-order valence-electron chi connectivity index (χ4n) is 1.11. The van der Waals surface area contributed by atoms with Gasteiger partial charge in [0.05, 0.1) is 12.1 Å². The summed E-state index contributed by atoms with van der Waals surface area (Å²) in [6.07, 6.45) is -2.33. The van der Waals surface area contributed by atoms with E-state index in [0.717, 1.165) is 10.7 Å². The van der Waals surface area contributed by atoms with Crippen molar-refractivity contribution in [2.75, 3.05) is 0 Å². The highest BCUT2D eigenvalue weighted by atomic mass is 32.1. The summed E-state index contributed by atoms with van der Waals surface area (Å²) < 4.78 is 24.5. The van der Waals surface area contributed by atoms with Crippen LogP contribution in [0.3, 0.4) is 0 Å². The first-order valence-corrected chi connectivity index (χ1v) is 5.35. The van der Waals surface area contributed by atoms with E-state index >= 15 is 0 Å². The molecule has 0 fully saturated rings. The van der Waals surface area contributed by atoms with Gasteiger partial charge in [-0.15, -0.1) is 11.3 Å². The first kappa shape index (κ1) is 11.5. The van der Waals surface area contributed by atoms with E-state index in [0.29, 0.717) is 0 Å². The van der Waals surface area contributed by atoms with E-state index in [1.807, 2.05) is 19.2 Å². The van der Waals surface area contributed by atoms with Gasteiger partial charge in [-0.05, 0) is 20.8 Å². The monoisotopic (exact) mass is 220 g/mol. The van der Waals surface area contributed by atoms with E-state index in [-0.39, 0.29) is 6.04 Å². The Morgan fingerprint density at radius 1 is 1.43 bits per heavy atom. The Balaban J connectivity index is 2.54. The van der Waals surface area contributed by atoms with Crippen molar-refractivity contribution in [1.82, 2.24) is 10.3 Å². The molecule has 0 radical (unpaired) electrons. The highest BCUT2D eigenvalue weighted by molar-refractivity contribution is 7.09. The van der Waals surface area contributed by atoms with Gasteiger partial charge in [0, 0.05) is 11.1 Å². The Kier molecular flexibility index (Phi) is 3.95. The van der Waals surface area contributed by atoms with Crippen molar-refractivity contribution in [3.63, 3.8) is 0 Å². The molecule has 0 aliphatic heterocycles. The van der Waals surface area contributed by atoms with Crippen molar-refractivity contribution >= 4 is 11.3 Å². The maximum atomic E-state index is 12.2. The molecule has 0 aromatic carbocycles. The third-order valence-corrected chi connectivity index (χ3v) is 3.04. The zero-order chi connectivity index (χ0) is 10.7. The van der Waals surface area contributed by atoms with Gasteiger partial charge in [-0.25, -0.2) is 13.8 Å². The van der Waals surface area contributed by atoms with E-state index < -0.39 is 12.5 Å². The number of nitrogens with zero attached hydrogens (tertiary/aromatic N) is 1. The SMILES string of the molecule is Cc1csc(C(C)NC(C)C(F)F)n1. The van der Waals surface area contributed by atoms with Gasteiger partial charge < -0.3 is 5.32 Å². The summed E-state index contributed by atoms with van der Waals surface area (Å²) >= 11 is 1.49. The van der Waals surface area contributed by atoms with E-state index in [4.69, 9.17) is 0 Å². The predicted octanol–water partition coefficient (Wildman–Crippen LogP) is 2.76. The van der Waals surface area contributed by atoms with Crippen molar-refractivity contribution in [3.05, 3.63) is 16.1 Å². The second kappa shape index (κ2) is 4.79. The maximum Gasteiger partial charge on any atom is 0.253 e. The highest BCUT2D eigenvalue weighted by Gasteiger charge is 2.18. The quantitative estimate of drug-likeness (QED) is 0.844. The fourth-order valence-corrected chi connectivity index (χ4v) is 1.92. The third kappa shape index (κ3) is 2.99. The number of nitrogens with one attached hydrogen (secondary N) is 1. The van der Waals surface area contributed by atoms with Gasteiger partial charge >= 0.3 is 0 Å². The Bertz CT molecular complexity index is 288. The van der Waals surface area contributed by atoms with Crippen LogP contribution in [-0.2, 0) is 0 Å². The molecular formula is C9H14F2N2S. The smallest absolute Gasteiger partial charge is 0.253 e. The van der Waals surface area contributed by atoms with Crippen LogP contribution >= 0.6 is 11.3 Å². The Labute approximate surface area is 86.4 Å². The molecule has 2 atom stereocenters. The van der Waals surface area contributed by atoms with E-state index in [1.54, 1.807) is 0 Å². The van der Waals surface area contributed by atoms with Gasteiger partial charge in [0.1, 0.15) is 5.01 Å². The maximum absolute atomic E-state index is 12.2. The zero-order valence-corrected chi connectivity index (χ0v) is 9.24. The van der Waals surface area contributed by atoms with Crippen molar-refractivity contribution in [2.45, 2.75) is 39.3 Å². The predicted molar refractivity (Wildman–Crippen MR) is 53.9 cm³/mol.